The molecule has 0 N–H and O–H groups in total. The lowest BCUT2D eigenvalue weighted by Crippen LogP contribution is -2.16. The molecule has 0 spiro atoms. The van der Waals surface area contributed by atoms with Gasteiger partial charge < -0.3 is 4.57 Å². The average Bonchev–Trinajstić information content (AvgIpc) is 2.84. The molecule has 1 heterocycles. The summed E-state index contributed by atoms with van der Waals surface area (Å²) in [5, 5.41) is -0.00817. The highest BCUT2D eigenvalue weighted by Crippen LogP contribution is 2.20. The first kappa shape index (κ1) is 16.5. The fourth-order valence-electron chi connectivity index (χ4n) is 2.25. The Morgan fingerprint density at radius 1 is 1.25 bits per heavy atom. The van der Waals surface area contributed by atoms with Gasteiger partial charge in [0, 0.05) is 6.54 Å². The van der Waals surface area contributed by atoms with Crippen molar-refractivity contribution in [1.82, 2.24) is 4.57 Å². The SMILES string of the molecule is C=CCn1c(=NC(=O)c2ccc(F)cc2Cl)sc2cc(F)ccc21. The first-order valence-electron chi connectivity index (χ1n) is 6.93. The van der Waals surface area contributed by atoms with E-state index in [0.29, 0.717) is 16.0 Å². The molecule has 0 aliphatic heterocycles. The highest BCUT2D eigenvalue weighted by Gasteiger charge is 2.12. The molecule has 0 aliphatic carbocycles. The van der Waals surface area contributed by atoms with Gasteiger partial charge in [-0.05, 0) is 36.4 Å². The number of halogens is 3. The van der Waals surface area contributed by atoms with Crippen molar-refractivity contribution in [1.29, 1.82) is 0 Å². The van der Waals surface area contributed by atoms with Gasteiger partial charge in [-0.15, -0.1) is 6.58 Å². The molecule has 122 valence electrons. The van der Waals surface area contributed by atoms with Crippen LogP contribution in [0.4, 0.5) is 8.78 Å². The van der Waals surface area contributed by atoms with Gasteiger partial charge >= 0.3 is 0 Å². The molecule has 24 heavy (non-hydrogen) atoms. The van der Waals surface area contributed by atoms with E-state index in [2.05, 4.69) is 11.6 Å². The largest absolute Gasteiger partial charge is 0.312 e. The number of amides is 1. The summed E-state index contributed by atoms with van der Waals surface area (Å²) < 4.78 is 28.9. The Morgan fingerprint density at radius 3 is 2.67 bits per heavy atom. The number of hydrogen-bond donors (Lipinski definition) is 0. The fraction of sp³-hybridized carbons (Fsp3) is 0.0588. The van der Waals surface area contributed by atoms with Crippen molar-refractivity contribution < 1.29 is 13.6 Å². The van der Waals surface area contributed by atoms with Gasteiger partial charge in [0.2, 0.25) is 0 Å². The van der Waals surface area contributed by atoms with Gasteiger partial charge in [-0.1, -0.05) is 29.0 Å². The van der Waals surface area contributed by atoms with Gasteiger partial charge in [-0.2, -0.15) is 4.99 Å². The van der Waals surface area contributed by atoms with Gasteiger partial charge in [-0.25, -0.2) is 8.78 Å². The first-order valence-corrected chi connectivity index (χ1v) is 8.13. The van der Waals surface area contributed by atoms with E-state index in [4.69, 9.17) is 11.6 Å². The predicted octanol–water partition coefficient (Wildman–Crippen LogP) is 4.56. The van der Waals surface area contributed by atoms with E-state index in [-0.39, 0.29) is 16.4 Å². The van der Waals surface area contributed by atoms with Crippen LogP contribution in [0.1, 0.15) is 10.4 Å². The van der Waals surface area contributed by atoms with Crippen LogP contribution in [-0.2, 0) is 6.54 Å². The number of thiazole rings is 1. The van der Waals surface area contributed by atoms with Gasteiger partial charge in [-0.3, -0.25) is 4.79 Å². The van der Waals surface area contributed by atoms with E-state index in [1.807, 2.05) is 0 Å². The smallest absolute Gasteiger partial charge is 0.281 e. The van der Waals surface area contributed by atoms with E-state index >= 15 is 0 Å². The second kappa shape index (κ2) is 6.67. The number of aromatic nitrogens is 1. The van der Waals surface area contributed by atoms with Gasteiger partial charge in [0.05, 0.1) is 20.8 Å². The maximum absolute atomic E-state index is 13.4. The van der Waals surface area contributed by atoms with Gasteiger partial charge in [0.25, 0.3) is 5.91 Å². The average molecular weight is 365 g/mol. The van der Waals surface area contributed by atoms with Crippen LogP contribution in [0.25, 0.3) is 10.2 Å². The Kier molecular flexibility index (Phi) is 4.59. The molecule has 0 aliphatic rings. The molecule has 0 saturated heterocycles. The molecule has 7 heteroatoms. The van der Waals surface area contributed by atoms with E-state index < -0.39 is 11.7 Å². The summed E-state index contributed by atoms with van der Waals surface area (Å²) in [5.41, 5.74) is 0.852. The third-order valence-electron chi connectivity index (χ3n) is 3.32. The number of rotatable bonds is 3. The summed E-state index contributed by atoms with van der Waals surface area (Å²) in [6.07, 6.45) is 1.66. The summed E-state index contributed by atoms with van der Waals surface area (Å²) in [7, 11) is 0. The number of carbonyl (C=O) groups is 1. The Balaban J connectivity index is 2.16. The zero-order chi connectivity index (χ0) is 17.3. The minimum atomic E-state index is -0.593. The van der Waals surface area contributed by atoms with Crippen molar-refractivity contribution in [2.45, 2.75) is 6.54 Å². The van der Waals surface area contributed by atoms with Crippen molar-refractivity contribution in [3.8, 4) is 0 Å². The lowest BCUT2D eigenvalue weighted by atomic mass is 10.2. The van der Waals surface area contributed by atoms with Gasteiger partial charge in [0.1, 0.15) is 11.6 Å². The topological polar surface area (TPSA) is 34.4 Å². The van der Waals surface area contributed by atoms with Crippen molar-refractivity contribution in [2.24, 2.45) is 4.99 Å². The highest BCUT2D eigenvalue weighted by atomic mass is 35.5. The number of nitrogens with zero attached hydrogens (tertiary/aromatic N) is 2. The van der Waals surface area contributed by atoms with Crippen LogP contribution < -0.4 is 4.80 Å². The molecule has 2 aromatic carbocycles. The second-order valence-corrected chi connectivity index (χ2v) is 6.35. The quantitative estimate of drug-likeness (QED) is 0.627. The minimum absolute atomic E-state index is 0.00817. The Morgan fingerprint density at radius 2 is 1.96 bits per heavy atom. The molecule has 1 amide bonds. The summed E-state index contributed by atoms with van der Waals surface area (Å²) >= 11 is 7.08. The van der Waals surface area contributed by atoms with Crippen LogP contribution in [0.5, 0.6) is 0 Å². The van der Waals surface area contributed by atoms with Crippen LogP contribution in [0.3, 0.4) is 0 Å². The zero-order valence-corrected chi connectivity index (χ0v) is 13.9. The lowest BCUT2D eigenvalue weighted by molar-refractivity contribution is 0.0998. The lowest BCUT2D eigenvalue weighted by Gasteiger charge is -2.01. The van der Waals surface area contributed by atoms with Crippen molar-refractivity contribution in [3.05, 3.63) is 76.1 Å². The fourth-order valence-corrected chi connectivity index (χ4v) is 3.56. The molecule has 0 fully saturated rings. The van der Waals surface area contributed by atoms with Crippen LogP contribution in [0, 0.1) is 11.6 Å². The van der Waals surface area contributed by atoms with Crippen LogP contribution in [0.2, 0.25) is 5.02 Å². The number of allylic oxidation sites excluding steroid dienone is 1. The molecule has 3 nitrogen and oxygen atoms in total. The Labute approximate surface area is 145 Å². The van der Waals surface area contributed by atoms with Crippen LogP contribution >= 0.6 is 22.9 Å². The second-order valence-electron chi connectivity index (χ2n) is 4.94. The number of fused-ring (bicyclic) bond motifs is 1. The zero-order valence-electron chi connectivity index (χ0n) is 12.3. The Bertz CT molecular complexity index is 1020. The molecule has 0 atom stereocenters. The monoisotopic (exact) mass is 364 g/mol. The maximum atomic E-state index is 13.4. The van der Waals surface area contributed by atoms with Crippen molar-refractivity contribution in [3.63, 3.8) is 0 Å². The van der Waals surface area contributed by atoms with E-state index in [0.717, 1.165) is 17.6 Å². The molecule has 3 aromatic rings. The third kappa shape index (κ3) is 3.16. The molecule has 0 unspecified atom stereocenters. The van der Waals surface area contributed by atoms with Crippen LogP contribution in [0.15, 0.2) is 54.0 Å². The number of hydrogen-bond acceptors (Lipinski definition) is 2. The standard InChI is InChI=1S/C17H11ClF2N2OS/c1-2-7-22-14-6-4-11(20)9-15(14)24-17(22)21-16(23)12-5-3-10(19)8-13(12)18/h2-6,8-9H,1,7H2. The van der Waals surface area contributed by atoms with Gasteiger partial charge in [0.15, 0.2) is 4.80 Å². The van der Waals surface area contributed by atoms with Crippen molar-refractivity contribution >= 4 is 39.1 Å². The predicted molar refractivity (Wildman–Crippen MR) is 91.3 cm³/mol. The van der Waals surface area contributed by atoms with Crippen molar-refractivity contribution in [2.75, 3.05) is 0 Å². The first-order chi connectivity index (χ1) is 11.5. The molecular weight excluding hydrogens is 354 g/mol. The maximum Gasteiger partial charge on any atom is 0.281 e. The van der Waals surface area contributed by atoms with E-state index in [1.54, 1.807) is 16.7 Å². The molecule has 0 saturated carbocycles. The normalized spacial score (nSPS) is 11.9. The number of benzene rings is 2. The summed E-state index contributed by atoms with van der Waals surface area (Å²) in [5.74, 6) is -1.49. The minimum Gasteiger partial charge on any atom is -0.312 e. The summed E-state index contributed by atoms with van der Waals surface area (Å²) in [6, 6.07) is 7.84. The summed E-state index contributed by atoms with van der Waals surface area (Å²) in [6.45, 7) is 4.09. The van der Waals surface area contributed by atoms with E-state index in [1.165, 1.54) is 29.5 Å². The van der Waals surface area contributed by atoms with E-state index in [9.17, 15) is 13.6 Å². The number of carbonyl (C=O) groups excluding carboxylic acids is 1. The van der Waals surface area contributed by atoms with Crippen LogP contribution in [-0.4, -0.2) is 10.5 Å². The summed E-state index contributed by atoms with van der Waals surface area (Å²) in [4.78, 5) is 16.8. The molecular formula is C17H11ClF2N2OS. The Hall–Kier alpha value is -2.31. The molecule has 0 radical (unpaired) electrons. The molecule has 3 rings (SSSR count). The third-order valence-corrected chi connectivity index (χ3v) is 4.67. The highest BCUT2D eigenvalue weighted by molar-refractivity contribution is 7.16. The molecule has 1 aromatic heterocycles. The molecule has 0 bridgehead atoms.